The van der Waals surface area contributed by atoms with Crippen LogP contribution in [0.25, 0.3) is 16.6 Å². The molecule has 0 radical (unpaired) electrons. The van der Waals surface area contributed by atoms with Crippen LogP contribution in [0, 0.1) is 5.92 Å². The van der Waals surface area contributed by atoms with Crippen molar-refractivity contribution < 1.29 is 5.11 Å². The van der Waals surface area contributed by atoms with E-state index in [1.807, 2.05) is 36.7 Å². The highest BCUT2D eigenvalue weighted by Gasteiger charge is 2.19. The SMILES string of the molecule is CC(C)C(O)n1cc(CN)c2ccc(C3=CCNN3C)cc21. The number of aromatic nitrogens is 1. The minimum atomic E-state index is -0.550. The van der Waals surface area contributed by atoms with Crippen molar-refractivity contribution in [1.82, 2.24) is 15.0 Å². The Bertz CT molecular complexity index is 717. The van der Waals surface area contributed by atoms with Gasteiger partial charge in [-0.1, -0.05) is 26.0 Å². The van der Waals surface area contributed by atoms with Gasteiger partial charge in [-0.25, -0.2) is 5.43 Å². The van der Waals surface area contributed by atoms with Crippen LogP contribution < -0.4 is 11.2 Å². The number of hydrogen-bond acceptors (Lipinski definition) is 4. The Kier molecular flexibility index (Phi) is 3.95. The van der Waals surface area contributed by atoms with Crippen LogP contribution in [0.4, 0.5) is 0 Å². The second-order valence-corrected chi connectivity index (χ2v) is 6.17. The number of hydrazine groups is 1. The van der Waals surface area contributed by atoms with Crippen molar-refractivity contribution in [3.05, 3.63) is 41.6 Å². The lowest BCUT2D eigenvalue weighted by Gasteiger charge is -2.19. The summed E-state index contributed by atoms with van der Waals surface area (Å²) in [5.41, 5.74) is 13.5. The molecule has 0 saturated carbocycles. The summed E-state index contributed by atoms with van der Waals surface area (Å²) in [5.74, 6) is 0.139. The van der Waals surface area contributed by atoms with E-state index >= 15 is 0 Å². The Labute approximate surface area is 131 Å². The first-order valence-electron chi connectivity index (χ1n) is 7.72. The molecule has 3 rings (SSSR count). The van der Waals surface area contributed by atoms with Crippen molar-refractivity contribution in [3.8, 4) is 0 Å². The topological polar surface area (TPSA) is 66.5 Å². The first kappa shape index (κ1) is 15.1. The predicted molar refractivity (Wildman–Crippen MR) is 89.7 cm³/mol. The van der Waals surface area contributed by atoms with Gasteiger partial charge in [0.1, 0.15) is 6.23 Å². The molecule has 1 aliphatic rings. The first-order valence-corrected chi connectivity index (χ1v) is 7.72. The fourth-order valence-corrected chi connectivity index (χ4v) is 3.00. The van der Waals surface area contributed by atoms with Crippen LogP contribution in [0.3, 0.4) is 0 Å². The Morgan fingerprint density at radius 2 is 2.14 bits per heavy atom. The summed E-state index contributed by atoms with van der Waals surface area (Å²) in [4.78, 5) is 0. The lowest BCUT2D eigenvalue weighted by molar-refractivity contribution is 0.0610. The summed E-state index contributed by atoms with van der Waals surface area (Å²) in [6.45, 7) is 5.34. The van der Waals surface area contributed by atoms with Crippen molar-refractivity contribution in [2.24, 2.45) is 11.7 Å². The van der Waals surface area contributed by atoms with E-state index in [1.54, 1.807) is 0 Å². The van der Waals surface area contributed by atoms with Crippen molar-refractivity contribution in [1.29, 1.82) is 0 Å². The second-order valence-electron chi connectivity index (χ2n) is 6.17. The zero-order valence-electron chi connectivity index (χ0n) is 13.4. The van der Waals surface area contributed by atoms with Crippen LogP contribution in [-0.2, 0) is 6.54 Å². The van der Waals surface area contributed by atoms with Crippen LogP contribution in [-0.4, -0.2) is 28.3 Å². The van der Waals surface area contributed by atoms with E-state index in [9.17, 15) is 5.11 Å². The lowest BCUT2D eigenvalue weighted by Crippen LogP contribution is -2.26. The summed E-state index contributed by atoms with van der Waals surface area (Å²) >= 11 is 0. The molecule has 1 aliphatic heterocycles. The normalized spacial score (nSPS) is 16.6. The van der Waals surface area contributed by atoms with E-state index in [2.05, 4.69) is 29.7 Å². The average molecular weight is 300 g/mol. The van der Waals surface area contributed by atoms with E-state index in [4.69, 9.17) is 5.73 Å². The number of fused-ring (bicyclic) bond motifs is 1. The van der Waals surface area contributed by atoms with Gasteiger partial charge in [0.05, 0.1) is 11.2 Å². The number of benzene rings is 1. The van der Waals surface area contributed by atoms with Gasteiger partial charge in [0, 0.05) is 37.3 Å². The largest absolute Gasteiger partial charge is 0.373 e. The van der Waals surface area contributed by atoms with Gasteiger partial charge in [-0.15, -0.1) is 0 Å². The fourth-order valence-electron chi connectivity index (χ4n) is 3.00. The molecule has 0 fully saturated rings. The third-order valence-electron chi connectivity index (χ3n) is 4.30. The maximum Gasteiger partial charge on any atom is 0.133 e. The van der Waals surface area contributed by atoms with E-state index in [0.717, 1.165) is 34.3 Å². The number of aliphatic hydroxyl groups is 1. The Morgan fingerprint density at radius 1 is 1.36 bits per heavy atom. The quantitative estimate of drug-likeness (QED) is 0.808. The minimum absolute atomic E-state index is 0.139. The lowest BCUT2D eigenvalue weighted by atomic mass is 10.1. The maximum atomic E-state index is 10.5. The molecule has 1 aromatic heterocycles. The van der Waals surface area contributed by atoms with Crippen molar-refractivity contribution in [2.75, 3.05) is 13.6 Å². The molecular weight excluding hydrogens is 276 g/mol. The Balaban J connectivity index is 2.15. The maximum absolute atomic E-state index is 10.5. The fraction of sp³-hybridized carbons (Fsp3) is 0.412. The van der Waals surface area contributed by atoms with Gasteiger partial charge in [0.25, 0.3) is 0 Å². The highest BCUT2D eigenvalue weighted by Crippen LogP contribution is 2.30. The van der Waals surface area contributed by atoms with Gasteiger partial charge in [0.15, 0.2) is 0 Å². The second kappa shape index (κ2) is 5.76. The number of rotatable bonds is 4. The molecule has 22 heavy (non-hydrogen) atoms. The zero-order valence-corrected chi connectivity index (χ0v) is 13.4. The summed E-state index contributed by atoms with van der Waals surface area (Å²) in [7, 11) is 2.01. The summed E-state index contributed by atoms with van der Waals surface area (Å²) in [5, 5.41) is 13.6. The third kappa shape index (κ3) is 2.41. The van der Waals surface area contributed by atoms with Gasteiger partial charge in [0.2, 0.25) is 0 Å². The Hall–Kier alpha value is -1.82. The van der Waals surface area contributed by atoms with Crippen LogP contribution in [0.2, 0.25) is 0 Å². The van der Waals surface area contributed by atoms with Gasteiger partial charge >= 0.3 is 0 Å². The molecule has 2 aromatic rings. The molecule has 5 nitrogen and oxygen atoms in total. The molecule has 0 saturated heterocycles. The van der Waals surface area contributed by atoms with E-state index < -0.39 is 6.23 Å². The van der Waals surface area contributed by atoms with Gasteiger partial charge in [-0.05, 0) is 23.6 Å². The summed E-state index contributed by atoms with van der Waals surface area (Å²) in [6, 6.07) is 6.35. The van der Waals surface area contributed by atoms with Crippen LogP contribution in [0.5, 0.6) is 0 Å². The number of hydrogen-bond donors (Lipinski definition) is 3. The summed E-state index contributed by atoms with van der Waals surface area (Å²) < 4.78 is 1.94. The molecule has 5 heteroatoms. The van der Waals surface area contributed by atoms with Crippen LogP contribution in [0.1, 0.15) is 31.2 Å². The molecule has 1 aromatic carbocycles. The molecule has 4 N–H and O–H groups in total. The molecule has 1 atom stereocenters. The molecule has 118 valence electrons. The van der Waals surface area contributed by atoms with Crippen molar-refractivity contribution >= 4 is 16.6 Å². The van der Waals surface area contributed by atoms with E-state index in [-0.39, 0.29) is 5.92 Å². The molecule has 0 spiro atoms. The summed E-state index contributed by atoms with van der Waals surface area (Å²) in [6.07, 6.45) is 3.59. The highest BCUT2D eigenvalue weighted by molar-refractivity contribution is 5.87. The monoisotopic (exact) mass is 300 g/mol. The number of nitrogens with two attached hydrogens (primary N) is 1. The first-order chi connectivity index (χ1) is 10.5. The predicted octanol–water partition coefficient (Wildman–Crippen LogP) is 2.04. The molecule has 1 unspecified atom stereocenters. The Morgan fingerprint density at radius 3 is 2.73 bits per heavy atom. The average Bonchev–Trinajstić information content (AvgIpc) is 3.09. The number of nitrogens with one attached hydrogen (secondary N) is 1. The number of aliphatic hydroxyl groups excluding tert-OH is 1. The van der Waals surface area contributed by atoms with Gasteiger partial charge in [-0.3, -0.25) is 0 Å². The molecule has 0 aliphatic carbocycles. The molecular formula is C17H24N4O. The third-order valence-corrected chi connectivity index (χ3v) is 4.30. The highest BCUT2D eigenvalue weighted by atomic mass is 16.3. The van der Waals surface area contributed by atoms with E-state index in [0.29, 0.717) is 6.54 Å². The molecule has 2 heterocycles. The zero-order chi connectivity index (χ0) is 15.9. The van der Waals surface area contributed by atoms with Crippen LogP contribution >= 0.6 is 0 Å². The van der Waals surface area contributed by atoms with Crippen molar-refractivity contribution in [3.63, 3.8) is 0 Å². The molecule has 0 amide bonds. The number of nitrogens with zero attached hydrogens (tertiary/aromatic N) is 2. The van der Waals surface area contributed by atoms with Gasteiger partial charge in [-0.2, -0.15) is 0 Å². The van der Waals surface area contributed by atoms with Crippen LogP contribution in [0.15, 0.2) is 30.5 Å². The smallest absolute Gasteiger partial charge is 0.133 e. The van der Waals surface area contributed by atoms with E-state index in [1.165, 1.54) is 0 Å². The molecule has 0 bridgehead atoms. The minimum Gasteiger partial charge on any atom is -0.373 e. The van der Waals surface area contributed by atoms with Crippen molar-refractivity contribution in [2.45, 2.75) is 26.6 Å². The standard InChI is InChI=1S/C17H24N4O/c1-11(2)17(22)21-10-13(9-18)14-5-4-12(8-16(14)21)15-6-7-19-20(15)3/h4-6,8,10-11,17,19,22H,7,9,18H2,1-3H3. The van der Waals surface area contributed by atoms with Gasteiger partial charge < -0.3 is 20.4 Å².